The van der Waals surface area contributed by atoms with E-state index in [0.29, 0.717) is 15.9 Å². The van der Waals surface area contributed by atoms with Crippen LogP contribution in [-0.2, 0) is 21.1 Å². The normalized spacial score (nSPS) is 14.0. The van der Waals surface area contributed by atoms with Crippen molar-refractivity contribution in [2.24, 2.45) is 0 Å². The third kappa shape index (κ3) is 4.19. The molecule has 26 heavy (non-hydrogen) atoms. The third-order valence-electron chi connectivity index (χ3n) is 4.06. The molecule has 0 aromatic heterocycles. The van der Waals surface area contributed by atoms with Crippen molar-refractivity contribution in [2.45, 2.75) is 24.7 Å². The smallest absolute Gasteiger partial charge is 0.227 e. The molecule has 0 saturated carbocycles. The minimum atomic E-state index is -3.61. The Balaban J connectivity index is 1.82. The van der Waals surface area contributed by atoms with Gasteiger partial charge in [-0.05, 0) is 46.1 Å². The van der Waals surface area contributed by atoms with Gasteiger partial charge in [0.15, 0.2) is 9.84 Å². The number of aryl methyl sites for hydroxylation is 1. The van der Waals surface area contributed by atoms with E-state index in [4.69, 9.17) is 4.74 Å². The second kappa shape index (κ2) is 7.67. The van der Waals surface area contributed by atoms with Crippen molar-refractivity contribution in [1.82, 2.24) is 0 Å². The van der Waals surface area contributed by atoms with E-state index >= 15 is 0 Å². The summed E-state index contributed by atoms with van der Waals surface area (Å²) in [5, 5.41) is 5.65. The molecule has 2 N–H and O–H groups in total. The summed E-state index contributed by atoms with van der Waals surface area (Å²) in [5.41, 5.74) is 2.38. The second-order valence-corrected chi connectivity index (χ2v) is 8.72. The minimum Gasteiger partial charge on any atom is -0.491 e. The van der Waals surface area contributed by atoms with E-state index in [1.54, 1.807) is 6.07 Å². The molecule has 138 valence electrons. The zero-order chi connectivity index (χ0) is 18.7. The lowest BCUT2D eigenvalue weighted by atomic mass is 10.1. The number of amides is 1. The Labute approximate surface area is 161 Å². The Morgan fingerprint density at radius 3 is 2.65 bits per heavy atom. The van der Waals surface area contributed by atoms with Crippen molar-refractivity contribution < 1.29 is 17.9 Å². The molecule has 0 radical (unpaired) electrons. The average molecular weight is 439 g/mol. The lowest BCUT2D eigenvalue weighted by Gasteiger charge is -2.13. The number of nitrogens with one attached hydrogen (secondary N) is 2. The molecule has 6 nitrogen and oxygen atoms in total. The number of halogens is 1. The number of hydrogen-bond donors (Lipinski definition) is 2. The van der Waals surface area contributed by atoms with Gasteiger partial charge in [-0.3, -0.25) is 4.79 Å². The first kappa shape index (κ1) is 18.7. The number of carbonyl (C=O) groups is 1. The summed E-state index contributed by atoms with van der Waals surface area (Å²) in [5.74, 6) is -0.0595. The summed E-state index contributed by atoms with van der Waals surface area (Å²) in [6.07, 6.45) is 1.15. The van der Waals surface area contributed by atoms with Gasteiger partial charge in [-0.2, -0.15) is 0 Å². The molecule has 1 aliphatic heterocycles. The predicted molar refractivity (Wildman–Crippen MR) is 104 cm³/mol. The number of fused-ring (bicyclic) bond motifs is 1. The van der Waals surface area contributed by atoms with E-state index in [0.717, 1.165) is 12.1 Å². The van der Waals surface area contributed by atoms with Crippen LogP contribution in [0.1, 0.15) is 18.9 Å². The highest BCUT2D eigenvalue weighted by molar-refractivity contribution is 9.10. The number of ether oxygens (including phenoxy) is 1. The van der Waals surface area contributed by atoms with Crippen LogP contribution in [0.2, 0.25) is 0 Å². The maximum atomic E-state index is 12.8. The van der Waals surface area contributed by atoms with Gasteiger partial charge in [0.1, 0.15) is 11.6 Å². The monoisotopic (exact) mass is 438 g/mol. The van der Waals surface area contributed by atoms with Gasteiger partial charge in [-0.25, -0.2) is 8.42 Å². The van der Waals surface area contributed by atoms with E-state index in [1.165, 1.54) is 11.6 Å². The van der Waals surface area contributed by atoms with Gasteiger partial charge in [0.25, 0.3) is 0 Å². The number of anilines is 2. The Kier molecular flexibility index (Phi) is 5.52. The van der Waals surface area contributed by atoms with Crippen molar-refractivity contribution in [3.63, 3.8) is 0 Å². The van der Waals surface area contributed by atoms with Crippen LogP contribution in [-0.4, -0.2) is 26.8 Å². The average Bonchev–Trinajstić information content (AvgIpc) is 2.79. The second-order valence-electron chi connectivity index (χ2n) is 5.91. The molecule has 0 saturated heterocycles. The van der Waals surface area contributed by atoms with Crippen LogP contribution in [0.15, 0.2) is 45.8 Å². The molecule has 0 fully saturated rings. The summed E-state index contributed by atoms with van der Waals surface area (Å²) in [6, 6.07) is 10.6. The fraction of sp³-hybridized carbons (Fsp3) is 0.278. The van der Waals surface area contributed by atoms with Gasteiger partial charge in [-0.1, -0.05) is 19.1 Å². The van der Waals surface area contributed by atoms with E-state index in [-0.39, 0.29) is 29.7 Å². The molecule has 2 aromatic carbocycles. The number of sulfone groups is 1. The minimum absolute atomic E-state index is 0.116. The molecule has 1 amide bonds. The quantitative estimate of drug-likeness (QED) is 0.744. The fourth-order valence-electron chi connectivity index (χ4n) is 2.57. The molecule has 1 aliphatic rings. The molecule has 1 heterocycles. The van der Waals surface area contributed by atoms with Crippen LogP contribution >= 0.6 is 15.9 Å². The molecule has 0 unspecified atom stereocenters. The van der Waals surface area contributed by atoms with E-state index in [1.807, 2.05) is 24.3 Å². The molecule has 0 aliphatic carbocycles. The van der Waals surface area contributed by atoms with Crippen LogP contribution in [0.4, 0.5) is 11.4 Å². The molecule has 8 heteroatoms. The lowest BCUT2D eigenvalue weighted by molar-refractivity contribution is -0.116. The zero-order valence-electron chi connectivity index (χ0n) is 14.2. The molecule has 3 rings (SSSR count). The van der Waals surface area contributed by atoms with Gasteiger partial charge in [0, 0.05) is 16.2 Å². The van der Waals surface area contributed by atoms with E-state index < -0.39 is 9.84 Å². The highest BCUT2D eigenvalue weighted by Crippen LogP contribution is 2.36. The summed E-state index contributed by atoms with van der Waals surface area (Å²) >= 11 is 3.29. The molecule has 0 spiro atoms. The Morgan fingerprint density at radius 1 is 1.23 bits per heavy atom. The number of benzene rings is 2. The molecular weight excluding hydrogens is 420 g/mol. The van der Waals surface area contributed by atoms with Gasteiger partial charge in [-0.15, -0.1) is 0 Å². The van der Waals surface area contributed by atoms with Gasteiger partial charge in [0.2, 0.25) is 5.91 Å². The van der Waals surface area contributed by atoms with Crippen molar-refractivity contribution in [2.75, 3.05) is 23.1 Å². The molecule has 0 atom stereocenters. The first-order valence-corrected chi connectivity index (χ1v) is 10.7. The summed E-state index contributed by atoms with van der Waals surface area (Å²) in [7, 11) is -3.61. The highest BCUT2D eigenvalue weighted by Gasteiger charge is 2.23. The van der Waals surface area contributed by atoms with Crippen LogP contribution in [0.5, 0.6) is 5.75 Å². The van der Waals surface area contributed by atoms with E-state index in [2.05, 4.69) is 33.5 Å². The number of hydrogen-bond acceptors (Lipinski definition) is 5. The van der Waals surface area contributed by atoms with Gasteiger partial charge < -0.3 is 15.4 Å². The Bertz CT molecular complexity index is 927. The maximum Gasteiger partial charge on any atom is 0.227 e. The van der Waals surface area contributed by atoms with Crippen LogP contribution < -0.4 is 15.4 Å². The first-order valence-electron chi connectivity index (χ1n) is 8.21. The Morgan fingerprint density at radius 2 is 1.96 bits per heavy atom. The standard InChI is InChI=1S/C18H19BrN2O4S/c1-2-12-3-5-13(6-4-12)20-11-26(23,24)17-10-16-15(9-14(17)19)21-18(22)7-8-25-16/h3-6,9-10,20H,2,7-8,11H2,1H3,(H,21,22). The van der Waals surface area contributed by atoms with Crippen molar-refractivity contribution >= 4 is 43.0 Å². The molecular formula is C18H19BrN2O4S. The van der Waals surface area contributed by atoms with Gasteiger partial charge in [0.05, 0.1) is 23.6 Å². The summed E-state index contributed by atoms with van der Waals surface area (Å²) in [4.78, 5) is 11.7. The summed E-state index contributed by atoms with van der Waals surface area (Å²) < 4.78 is 31.4. The van der Waals surface area contributed by atoms with Crippen LogP contribution in [0.3, 0.4) is 0 Å². The third-order valence-corrected chi connectivity index (χ3v) is 6.51. The topological polar surface area (TPSA) is 84.5 Å². The summed E-state index contributed by atoms with van der Waals surface area (Å²) in [6.45, 7) is 2.27. The van der Waals surface area contributed by atoms with Crippen LogP contribution in [0.25, 0.3) is 0 Å². The Hall–Kier alpha value is -2.06. The molecule has 2 aromatic rings. The maximum absolute atomic E-state index is 12.8. The van der Waals surface area contributed by atoms with Crippen LogP contribution in [0, 0.1) is 0 Å². The van der Waals surface area contributed by atoms with Gasteiger partial charge >= 0.3 is 0 Å². The SMILES string of the molecule is CCc1ccc(NCS(=O)(=O)c2cc3c(cc2Br)NC(=O)CCO3)cc1. The van der Waals surface area contributed by atoms with Crippen molar-refractivity contribution in [3.8, 4) is 5.75 Å². The largest absolute Gasteiger partial charge is 0.491 e. The first-order chi connectivity index (χ1) is 12.4. The lowest BCUT2D eigenvalue weighted by Crippen LogP contribution is -2.15. The predicted octanol–water partition coefficient (Wildman–Crippen LogP) is 3.58. The number of carbonyl (C=O) groups excluding carboxylic acids is 1. The zero-order valence-corrected chi connectivity index (χ0v) is 16.6. The number of rotatable bonds is 5. The molecule has 0 bridgehead atoms. The van der Waals surface area contributed by atoms with E-state index in [9.17, 15) is 13.2 Å². The van der Waals surface area contributed by atoms with Crippen molar-refractivity contribution in [1.29, 1.82) is 0 Å². The fourth-order valence-corrected chi connectivity index (χ4v) is 4.81. The van der Waals surface area contributed by atoms with Crippen molar-refractivity contribution in [3.05, 3.63) is 46.4 Å². The highest BCUT2D eigenvalue weighted by atomic mass is 79.9.